The van der Waals surface area contributed by atoms with Crippen molar-refractivity contribution in [3.63, 3.8) is 0 Å². The summed E-state index contributed by atoms with van der Waals surface area (Å²) in [6.45, 7) is 12.6. The van der Waals surface area contributed by atoms with Gasteiger partial charge in [0.1, 0.15) is 0 Å². The lowest BCUT2D eigenvalue weighted by Crippen LogP contribution is -2.27. The average Bonchev–Trinajstić information content (AvgIpc) is 4.10. The van der Waals surface area contributed by atoms with Crippen LogP contribution in [0, 0.1) is 59.2 Å². The standard InChI is InChI=1S/C21H40O3P2.C20H37ClO3P2.C20H38O4P2.3H2/c1-3-22-14-8-7-11-18-16(2)15-21(24-26)19(18)12-13-20(23-25)17-9-5-4-6-10-17;2*1-2-22-13-7-6-10-16-17(20(24-26)14-18(16)21)11-12-19(23-25)15-8-4-3-5-9-15;;;/h7-8,16-21H,3-6,9-15,25-26H2,1-2H3;6-7,15-20H,2-5,8-14,25-26H2,1H3;6-7,15-21H,2-5,8-14,25-26H2,1H3;3*1H/b8-7-;2*7-6-;;;/t16-,18-,19+,20+,21+;16-,17-,18-,19-,20-;16-,17-,18+,19-,20-;;;/m011.../s1/i3*26T;3*1+2/t16-,18-,19+,20+,21+,26?;16-,17-,18-,19-,20-,26?;16-,17-,18+,19-,20-,26?;;;. The van der Waals surface area contributed by atoms with Gasteiger partial charge in [-0.1, -0.05) is 101 Å². The molecule has 6 aliphatic rings. The van der Waals surface area contributed by atoms with Crippen LogP contribution < -0.4 is 0 Å². The summed E-state index contributed by atoms with van der Waals surface area (Å²) in [5, 5.41) is 10.7. The van der Waals surface area contributed by atoms with Crippen molar-refractivity contribution in [3.8, 4) is 0 Å². The Morgan fingerprint density at radius 1 is 0.487 bits per heavy atom. The van der Waals surface area contributed by atoms with Gasteiger partial charge >= 0.3 is 0 Å². The maximum Gasteiger partial charge on any atom is 0.0851 e. The average molecular weight is 1250 g/mol. The van der Waals surface area contributed by atoms with Crippen LogP contribution in [0.1, 0.15) is 205 Å². The van der Waals surface area contributed by atoms with Crippen molar-refractivity contribution >= 4 is 68.2 Å². The first-order valence-electron chi connectivity index (χ1n) is 32.7. The zero-order chi connectivity index (χ0) is 58.5. The predicted octanol–water partition coefficient (Wildman–Crippen LogP) is 17.3. The Morgan fingerprint density at radius 2 is 0.833 bits per heavy atom. The van der Waals surface area contributed by atoms with Gasteiger partial charge in [0.25, 0.3) is 0 Å². The molecule has 6 aliphatic carbocycles. The second-order valence-electron chi connectivity index (χ2n) is 23.8. The highest BCUT2D eigenvalue weighted by molar-refractivity contribution is 7.10. The third-order valence-corrected chi connectivity index (χ3v) is 21.6. The van der Waals surface area contributed by atoms with Gasteiger partial charge in [0, 0.05) is 92.5 Å². The van der Waals surface area contributed by atoms with Crippen molar-refractivity contribution in [2.45, 2.75) is 249 Å². The third-order valence-electron chi connectivity index (χ3n) is 19.1. The molecule has 17 heteroatoms. The van der Waals surface area contributed by atoms with E-state index in [9.17, 15) is 5.11 Å². The van der Waals surface area contributed by atoms with Crippen LogP contribution in [0.5, 0.6) is 0 Å². The van der Waals surface area contributed by atoms with Crippen LogP contribution in [0.3, 0.4) is 0 Å². The van der Waals surface area contributed by atoms with Crippen molar-refractivity contribution in [3.05, 3.63) is 36.5 Å². The lowest BCUT2D eigenvalue weighted by Gasteiger charge is -2.31. The minimum atomic E-state index is -0.349. The molecule has 0 radical (unpaired) electrons. The highest BCUT2D eigenvalue weighted by atomic mass is 35.5. The Morgan fingerprint density at radius 3 is 1.22 bits per heavy atom. The first kappa shape index (κ1) is 67.2. The molecule has 0 aromatic carbocycles. The van der Waals surface area contributed by atoms with Crippen molar-refractivity contribution in [2.24, 2.45) is 59.2 Å². The number of rotatable bonds is 36. The van der Waals surface area contributed by atoms with Crippen LogP contribution in [0.15, 0.2) is 36.5 Å². The second kappa shape index (κ2) is 44.2. The molecule has 0 aromatic rings. The van der Waals surface area contributed by atoms with E-state index in [1.165, 1.54) is 96.3 Å². The van der Waals surface area contributed by atoms with Crippen LogP contribution >= 0.6 is 68.2 Å². The van der Waals surface area contributed by atoms with Crippen molar-refractivity contribution in [1.29, 1.82) is 3.84 Å². The fourth-order valence-electron chi connectivity index (χ4n) is 14.7. The fourth-order valence-corrected chi connectivity index (χ4v) is 17.1. The number of allylic oxidation sites excluding steroid dienone is 3. The zero-order valence-electron chi connectivity index (χ0n) is 51.9. The van der Waals surface area contributed by atoms with E-state index < -0.39 is 0 Å². The monoisotopic (exact) mass is 1250 g/mol. The number of hydrogen-bond acceptors (Lipinski definition) is 10. The molecule has 78 heavy (non-hydrogen) atoms. The van der Waals surface area contributed by atoms with Crippen LogP contribution in [-0.2, 0) is 41.4 Å². The molecule has 0 aliphatic heterocycles. The number of hydrogen-bond donors (Lipinski definition) is 1. The zero-order valence-corrected chi connectivity index (χ0v) is 56.1. The summed E-state index contributed by atoms with van der Waals surface area (Å²) >= 11 is 6.70. The molecule has 0 saturated heterocycles. The Balaban J connectivity index is 0.000000619. The molecule has 0 aromatic heterocycles. The molecule has 0 bridgehead atoms. The van der Waals surface area contributed by atoms with Crippen LogP contribution in [-0.4, -0.2) is 96.7 Å². The molecule has 6 saturated carbocycles. The molecular formula is C61H121ClO10P6. The van der Waals surface area contributed by atoms with E-state index in [-0.39, 0.29) is 74.3 Å². The molecule has 462 valence electrons. The third kappa shape index (κ3) is 25.6. The maximum absolute atomic E-state index is 10.6. The molecule has 1 N–H and O–H groups in total. The smallest absolute Gasteiger partial charge is 0.0851 e. The molecule has 10 nitrogen and oxygen atoms in total. The van der Waals surface area contributed by atoms with Crippen LogP contribution in [0.25, 0.3) is 0 Å². The van der Waals surface area contributed by atoms with E-state index >= 15 is 0 Å². The van der Waals surface area contributed by atoms with Gasteiger partial charge in [-0.2, -0.15) is 0 Å². The first-order chi connectivity index (χ1) is 39.6. The largest absolute Gasteiger partial charge is 0.393 e. The van der Waals surface area contributed by atoms with E-state index in [0.29, 0.717) is 85.8 Å². The van der Waals surface area contributed by atoms with Gasteiger partial charge < -0.3 is 46.5 Å². The summed E-state index contributed by atoms with van der Waals surface area (Å²) in [7, 11) is 6.85. The Hall–Kier alpha value is 1.69. The van der Waals surface area contributed by atoms with E-state index in [0.717, 1.165) is 96.4 Å². The summed E-state index contributed by atoms with van der Waals surface area (Å²) in [5.74, 6) is 5.20. The fraction of sp³-hybridized carbons (Fsp3) is 0.902. The highest BCUT2D eigenvalue weighted by Gasteiger charge is 2.44. The van der Waals surface area contributed by atoms with Crippen molar-refractivity contribution in [1.82, 2.24) is 0 Å². The minimum absolute atomic E-state index is 0. The number of halogens is 1. The number of alkyl halides is 1. The number of aliphatic hydroxyl groups excluding tert-OH is 1. The Bertz CT molecular complexity index is 1460. The van der Waals surface area contributed by atoms with Gasteiger partial charge in [0.2, 0.25) is 0 Å². The summed E-state index contributed by atoms with van der Waals surface area (Å²) in [6, 6.07) is 0. The molecule has 6 fully saturated rings. The van der Waals surface area contributed by atoms with Gasteiger partial charge in [-0.15, -0.1) is 11.6 Å². The summed E-state index contributed by atoms with van der Waals surface area (Å²) in [4.78, 5) is 0. The van der Waals surface area contributed by atoms with Gasteiger partial charge in [-0.25, -0.2) is 0 Å². The lowest BCUT2D eigenvalue weighted by molar-refractivity contribution is 0.0859. The molecular weight excluding hydrogens is 1110 g/mol. The van der Waals surface area contributed by atoms with Gasteiger partial charge in [-0.05, 0) is 189 Å². The van der Waals surface area contributed by atoms with E-state index in [1.807, 2.05) is 26.8 Å². The first-order valence-corrected chi connectivity index (χ1v) is 34.2. The Labute approximate surface area is 504 Å². The maximum atomic E-state index is 10.6. The van der Waals surface area contributed by atoms with Crippen molar-refractivity contribution < 1.29 is 50.7 Å². The molecule has 6 rings (SSSR count). The molecule has 6 unspecified atom stereocenters. The summed E-state index contributed by atoms with van der Waals surface area (Å²) in [6.07, 6.45) is 45.7. The lowest BCUT2D eigenvalue weighted by atomic mass is 9.80. The molecule has 0 amide bonds. The molecule has 0 spiro atoms. The van der Waals surface area contributed by atoms with E-state index in [4.69, 9.17) is 56.8 Å². The van der Waals surface area contributed by atoms with Gasteiger partial charge in [0.05, 0.1) is 66.4 Å². The van der Waals surface area contributed by atoms with Crippen LogP contribution in [0.2, 0.25) is 0 Å². The van der Waals surface area contributed by atoms with Crippen LogP contribution in [0.4, 0.5) is 0 Å². The van der Waals surface area contributed by atoms with Crippen molar-refractivity contribution in [2.75, 3.05) is 39.6 Å². The number of ether oxygens (including phenoxy) is 3. The quantitative estimate of drug-likeness (QED) is 0.0282. The van der Waals surface area contributed by atoms with E-state index in [1.54, 1.807) is 0 Å². The minimum Gasteiger partial charge on any atom is -0.393 e. The number of aliphatic hydroxyl groups is 1. The van der Waals surface area contributed by atoms with E-state index in [2.05, 4.69) is 65.7 Å². The predicted molar refractivity (Wildman–Crippen MR) is 352 cm³/mol. The molecule has 21 atom stereocenters. The highest BCUT2D eigenvalue weighted by Crippen LogP contribution is 2.47. The summed E-state index contributed by atoms with van der Waals surface area (Å²) < 4.78 is 73.5. The summed E-state index contributed by atoms with van der Waals surface area (Å²) in [5.41, 5.74) is 0. The second-order valence-corrected chi connectivity index (χ2v) is 25.9. The molecule has 0 heterocycles. The van der Waals surface area contributed by atoms with Gasteiger partial charge in [-0.3, -0.25) is 0 Å². The van der Waals surface area contributed by atoms with Gasteiger partial charge in [0.15, 0.2) is 0 Å². The SMILES string of the molecule is [3HH].[3HH].[3HH].[3H]PO[C@@H]1C[C@@H](Cl)[C@H](C/C=C\COCC)[C@H]1CC[C@@H](OP)C1CCCCC1.[3H]PO[C@@H]1C[C@H](C)[C@H](C/C=C\COCC)[C@H]1CC[C@@H](OP)C1CCCCC1.[3H]PO[C@@H]1C[C@H](O)[C@H](C/C=C\COCC)[C@H]1CC[C@@H](OP)C1CCCCC1. The Kier molecular flexibility index (Phi) is 38.1. The topological polar surface area (TPSA) is 103 Å². The normalized spacial score (nSPS) is 32.7.